The molecule has 1 saturated heterocycles. The average molecular weight is 491 g/mol. The van der Waals surface area contributed by atoms with Crippen molar-refractivity contribution in [3.05, 3.63) is 108 Å². The number of hydrogen-bond donors (Lipinski definition) is 0. The number of esters is 2. The quantitative estimate of drug-likeness (QED) is 0.328. The minimum absolute atomic E-state index is 0.0221. The van der Waals surface area contributed by atoms with Gasteiger partial charge in [0.15, 0.2) is 18.5 Å². The molecule has 1 aliphatic heterocycles. The van der Waals surface area contributed by atoms with E-state index in [4.69, 9.17) is 23.7 Å². The van der Waals surface area contributed by atoms with Crippen LogP contribution in [0, 0.1) is 0 Å². The zero-order chi connectivity index (χ0) is 25.5. The van der Waals surface area contributed by atoms with Crippen LogP contribution in [0.3, 0.4) is 0 Å². The van der Waals surface area contributed by atoms with Crippen LogP contribution in [0.5, 0.6) is 0 Å². The molecule has 0 N–H and O–H groups in total. The highest BCUT2D eigenvalue weighted by atomic mass is 16.7. The molecule has 0 radical (unpaired) electrons. The molecule has 1 fully saturated rings. The van der Waals surface area contributed by atoms with E-state index in [-0.39, 0.29) is 6.61 Å². The Kier molecular flexibility index (Phi) is 8.15. The van der Waals surface area contributed by atoms with Crippen molar-refractivity contribution < 1.29 is 33.3 Å². The maximum absolute atomic E-state index is 11.9. The smallest absolute Gasteiger partial charge is 0.303 e. The monoisotopic (exact) mass is 490 g/mol. The summed E-state index contributed by atoms with van der Waals surface area (Å²) < 4.78 is 29.2. The molecule has 7 heteroatoms. The molecule has 1 aliphatic rings. The number of hydrogen-bond acceptors (Lipinski definition) is 7. The Balaban J connectivity index is 1.76. The normalized spacial score (nSPS) is 21.6. The van der Waals surface area contributed by atoms with E-state index in [1.807, 2.05) is 91.0 Å². The summed E-state index contributed by atoms with van der Waals surface area (Å²) in [5.41, 5.74) is 1.77. The predicted octanol–water partition coefficient (Wildman–Crippen LogP) is 4.23. The topological polar surface area (TPSA) is 80.3 Å². The van der Waals surface area contributed by atoms with Crippen molar-refractivity contribution in [2.24, 2.45) is 0 Å². The van der Waals surface area contributed by atoms with Gasteiger partial charge in [0.05, 0.1) is 6.61 Å². The molecule has 0 amide bonds. The molecule has 3 aromatic carbocycles. The number of ether oxygens (including phenoxy) is 5. The fourth-order valence-corrected chi connectivity index (χ4v) is 4.64. The third kappa shape index (κ3) is 5.33. The van der Waals surface area contributed by atoms with E-state index in [1.54, 1.807) is 0 Å². The lowest BCUT2D eigenvalue weighted by atomic mass is 9.80. The largest absolute Gasteiger partial charge is 0.455 e. The Hall–Kier alpha value is -3.52. The van der Waals surface area contributed by atoms with Crippen LogP contribution in [0.4, 0.5) is 0 Å². The molecule has 0 aliphatic carbocycles. The van der Waals surface area contributed by atoms with Gasteiger partial charge in [-0.05, 0) is 16.7 Å². The Morgan fingerprint density at radius 3 is 1.53 bits per heavy atom. The fourth-order valence-electron chi connectivity index (χ4n) is 4.64. The van der Waals surface area contributed by atoms with Crippen LogP contribution in [0.2, 0.25) is 0 Å². The molecule has 3 aromatic rings. The molecule has 1 heterocycles. The molecule has 7 nitrogen and oxygen atoms in total. The van der Waals surface area contributed by atoms with E-state index in [0.29, 0.717) is 0 Å². The number of carbonyl (C=O) groups excluding carboxylic acids is 2. The second kappa shape index (κ2) is 11.5. The number of methoxy groups -OCH3 is 1. The van der Waals surface area contributed by atoms with Crippen LogP contribution in [-0.2, 0) is 38.9 Å². The molecule has 0 bridgehead atoms. The summed E-state index contributed by atoms with van der Waals surface area (Å²) in [6.45, 7) is 2.60. The van der Waals surface area contributed by atoms with Gasteiger partial charge >= 0.3 is 11.9 Å². The second-order valence-electron chi connectivity index (χ2n) is 8.52. The van der Waals surface area contributed by atoms with Crippen LogP contribution in [-0.4, -0.2) is 50.3 Å². The Morgan fingerprint density at radius 1 is 0.722 bits per heavy atom. The lowest BCUT2D eigenvalue weighted by Gasteiger charge is -2.37. The van der Waals surface area contributed by atoms with Crippen LogP contribution >= 0.6 is 0 Å². The van der Waals surface area contributed by atoms with Gasteiger partial charge in [-0.3, -0.25) is 9.59 Å². The van der Waals surface area contributed by atoms with Crippen molar-refractivity contribution in [2.45, 2.75) is 44.1 Å². The summed E-state index contributed by atoms with van der Waals surface area (Å²) in [7, 11) is 1.44. The molecule has 0 spiro atoms. The maximum atomic E-state index is 11.9. The van der Waals surface area contributed by atoms with Gasteiger partial charge in [0.2, 0.25) is 0 Å². The van der Waals surface area contributed by atoms with Gasteiger partial charge in [0.1, 0.15) is 11.7 Å². The van der Waals surface area contributed by atoms with E-state index in [2.05, 4.69) is 0 Å². The number of rotatable bonds is 9. The van der Waals surface area contributed by atoms with Gasteiger partial charge in [-0.15, -0.1) is 0 Å². The van der Waals surface area contributed by atoms with E-state index in [9.17, 15) is 9.59 Å². The second-order valence-corrected chi connectivity index (χ2v) is 8.52. The van der Waals surface area contributed by atoms with Gasteiger partial charge in [-0.2, -0.15) is 0 Å². The molecule has 0 unspecified atom stereocenters. The third-order valence-electron chi connectivity index (χ3n) is 6.11. The number of carbonyl (C=O) groups is 2. The van der Waals surface area contributed by atoms with Gasteiger partial charge in [-0.25, -0.2) is 0 Å². The van der Waals surface area contributed by atoms with Crippen LogP contribution in [0.25, 0.3) is 0 Å². The molecular weight excluding hydrogens is 460 g/mol. The van der Waals surface area contributed by atoms with E-state index < -0.39 is 42.1 Å². The highest BCUT2D eigenvalue weighted by Gasteiger charge is 2.51. The molecule has 4 atom stereocenters. The lowest BCUT2D eigenvalue weighted by molar-refractivity contribution is -0.182. The highest BCUT2D eigenvalue weighted by molar-refractivity contribution is 5.67. The molecule has 36 heavy (non-hydrogen) atoms. The lowest BCUT2D eigenvalue weighted by Crippen LogP contribution is -2.43. The Labute approximate surface area is 210 Å². The first kappa shape index (κ1) is 25.6. The predicted molar refractivity (Wildman–Crippen MR) is 132 cm³/mol. The van der Waals surface area contributed by atoms with Gasteiger partial charge < -0.3 is 23.7 Å². The highest BCUT2D eigenvalue weighted by Crippen LogP contribution is 2.41. The SMILES string of the molecule is CO[C@H]1O[C@H](COC(c2ccccc2)(c2ccccc2)c2ccccc2)[C@@H](OC(C)=O)[C@H]1OC(C)=O. The maximum Gasteiger partial charge on any atom is 0.303 e. The molecule has 188 valence electrons. The van der Waals surface area contributed by atoms with E-state index >= 15 is 0 Å². The summed E-state index contributed by atoms with van der Waals surface area (Å²) in [6.07, 6.45) is -3.49. The minimum Gasteiger partial charge on any atom is -0.455 e. The molecule has 0 aromatic heterocycles. The van der Waals surface area contributed by atoms with E-state index in [1.165, 1.54) is 21.0 Å². The van der Waals surface area contributed by atoms with Crippen molar-refractivity contribution in [3.8, 4) is 0 Å². The van der Waals surface area contributed by atoms with Crippen molar-refractivity contribution in [3.63, 3.8) is 0 Å². The first-order valence-electron chi connectivity index (χ1n) is 11.8. The van der Waals surface area contributed by atoms with Gasteiger partial charge in [0, 0.05) is 21.0 Å². The Bertz CT molecular complexity index is 1040. The van der Waals surface area contributed by atoms with Crippen LogP contribution in [0.15, 0.2) is 91.0 Å². The van der Waals surface area contributed by atoms with E-state index in [0.717, 1.165) is 16.7 Å². The molecule has 4 rings (SSSR count). The standard InChI is InChI=1S/C29H30O7/c1-20(30)34-26-25(36-28(32-3)27(26)35-21(2)31)19-33-29(22-13-7-4-8-14-22,23-15-9-5-10-16-23)24-17-11-6-12-18-24/h4-18,25-28H,19H2,1-3H3/t25-,26-,27-,28+/m1/s1. The summed E-state index contributed by atoms with van der Waals surface area (Å²) in [6, 6.07) is 29.7. The zero-order valence-electron chi connectivity index (χ0n) is 20.5. The van der Waals surface area contributed by atoms with Gasteiger partial charge in [-0.1, -0.05) is 91.0 Å². The summed E-state index contributed by atoms with van der Waals surface area (Å²) in [5.74, 6) is -1.06. The van der Waals surface area contributed by atoms with Gasteiger partial charge in [0.25, 0.3) is 0 Å². The average Bonchev–Trinajstić information content (AvgIpc) is 3.21. The third-order valence-corrected chi connectivity index (χ3v) is 6.11. The summed E-state index contributed by atoms with van der Waals surface area (Å²) >= 11 is 0. The fraction of sp³-hybridized carbons (Fsp3) is 0.310. The van der Waals surface area contributed by atoms with Crippen molar-refractivity contribution in [1.82, 2.24) is 0 Å². The summed E-state index contributed by atoms with van der Waals surface area (Å²) in [4.78, 5) is 23.7. The van der Waals surface area contributed by atoms with Crippen LogP contribution < -0.4 is 0 Å². The molecule has 0 saturated carbocycles. The zero-order valence-corrected chi connectivity index (χ0v) is 20.5. The van der Waals surface area contributed by atoms with Crippen molar-refractivity contribution >= 4 is 11.9 Å². The minimum atomic E-state index is -0.990. The van der Waals surface area contributed by atoms with Crippen molar-refractivity contribution in [2.75, 3.05) is 13.7 Å². The number of benzene rings is 3. The Morgan fingerprint density at radius 2 is 1.14 bits per heavy atom. The first-order valence-corrected chi connectivity index (χ1v) is 11.8. The van der Waals surface area contributed by atoms with Crippen molar-refractivity contribution in [1.29, 1.82) is 0 Å². The first-order chi connectivity index (χ1) is 17.5. The summed E-state index contributed by atoms with van der Waals surface area (Å²) in [5, 5.41) is 0. The van der Waals surface area contributed by atoms with Crippen LogP contribution in [0.1, 0.15) is 30.5 Å². The molecular formula is C29H30O7.